The maximum Gasteiger partial charge on any atom is 0.267 e. The van der Waals surface area contributed by atoms with Crippen molar-refractivity contribution in [2.75, 3.05) is 12.4 Å². The van der Waals surface area contributed by atoms with E-state index < -0.39 is 22.5 Å². The molecule has 0 radical (unpaired) electrons. The molecule has 0 fully saturated rings. The molecule has 8 heteroatoms. The van der Waals surface area contributed by atoms with E-state index >= 15 is 0 Å². The topological polar surface area (TPSA) is 124 Å². The van der Waals surface area contributed by atoms with Crippen molar-refractivity contribution < 1.29 is 23.2 Å². The molecule has 0 saturated heterocycles. The van der Waals surface area contributed by atoms with Crippen molar-refractivity contribution in [2.45, 2.75) is 6.61 Å². The molecule has 0 amide bonds. The fourth-order valence-electron chi connectivity index (χ4n) is 0.487. The van der Waals surface area contributed by atoms with Crippen LogP contribution in [0.5, 0.6) is 0 Å². The highest BCUT2D eigenvalue weighted by Gasteiger charge is 1.99. The van der Waals surface area contributed by atoms with Crippen LogP contribution in [0.4, 0.5) is 0 Å². The summed E-state index contributed by atoms with van der Waals surface area (Å²) in [4.78, 5) is 6.40. The molecule has 1 aromatic heterocycles. The first-order valence-corrected chi connectivity index (χ1v) is 5.24. The summed E-state index contributed by atoms with van der Waals surface area (Å²) in [5.74, 6) is -0.576. The Morgan fingerprint density at radius 2 is 2.07 bits per heavy atom. The van der Waals surface area contributed by atoms with E-state index in [-0.39, 0.29) is 6.61 Å². The van der Waals surface area contributed by atoms with Crippen molar-refractivity contribution in [3.05, 3.63) is 18.2 Å². The van der Waals surface area contributed by atoms with Crippen molar-refractivity contribution in [1.29, 1.82) is 0 Å². The summed E-state index contributed by atoms with van der Waals surface area (Å²) in [7, 11) is -3.92. The summed E-state index contributed by atoms with van der Waals surface area (Å²) < 4.78 is 27.1. The molecular weight excluding hydrogens is 212 g/mol. The van der Waals surface area contributed by atoms with Crippen LogP contribution in [0, 0.1) is 0 Å². The normalized spacial score (nSPS) is 10.5. The quantitative estimate of drug-likeness (QED) is 0.476. The smallest absolute Gasteiger partial charge is 0.267 e. The summed E-state index contributed by atoms with van der Waals surface area (Å²) >= 11 is 0. The summed E-state index contributed by atoms with van der Waals surface area (Å²) in [6.45, 7) is -0.487. The van der Waals surface area contributed by atoms with Crippen molar-refractivity contribution in [3.63, 3.8) is 0 Å². The van der Waals surface area contributed by atoms with Gasteiger partial charge in [-0.15, -0.1) is 0 Å². The number of aliphatic hydroxyl groups excluding tert-OH is 2. The van der Waals surface area contributed by atoms with E-state index in [1.54, 1.807) is 6.20 Å². The number of aromatic amines is 1. The molecule has 0 aliphatic heterocycles. The Labute approximate surface area is 81.2 Å². The molecule has 0 bridgehead atoms. The minimum absolute atomic E-state index is 0.0417. The lowest BCUT2D eigenvalue weighted by atomic mass is 10.5. The van der Waals surface area contributed by atoms with Crippen molar-refractivity contribution in [2.24, 2.45) is 0 Å². The van der Waals surface area contributed by atoms with E-state index in [1.807, 2.05) is 0 Å². The number of rotatable bonds is 3. The third-order valence-electron chi connectivity index (χ3n) is 1.07. The fourth-order valence-corrected chi connectivity index (χ4v) is 0.717. The monoisotopic (exact) mass is 224 g/mol. The predicted octanol–water partition coefficient (Wildman–Crippen LogP) is -1.23. The number of aliphatic hydroxyl groups is 2. The lowest BCUT2D eigenvalue weighted by molar-refractivity contribution is 0.277. The SMILES string of the molecule is O=S(=O)(O)CCO.OCc1cnc[nH]1. The van der Waals surface area contributed by atoms with Gasteiger partial charge < -0.3 is 15.2 Å². The van der Waals surface area contributed by atoms with Gasteiger partial charge in [-0.25, -0.2) is 4.98 Å². The van der Waals surface area contributed by atoms with Gasteiger partial charge in [0.1, 0.15) is 0 Å². The van der Waals surface area contributed by atoms with Crippen LogP contribution in [0.15, 0.2) is 12.5 Å². The predicted molar refractivity (Wildman–Crippen MR) is 48.0 cm³/mol. The number of imidazole rings is 1. The second-order valence-corrected chi connectivity index (χ2v) is 3.82. The highest BCUT2D eigenvalue weighted by molar-refractivity contribution is 7.85. The minimum atomic E-state index is -3.92. The van der Waals surface area contributed by atoms with Gasteiger partial charge in [-0.1, -0.05) is 0 Å². The number of hydrogen-bond acceptors (Lipinski definition) is 5. The number of nitrogens with one attached hydrogen (secondary N) is 1. The molecule has 0 aliphatic rings. The van der Waals surface area contributed by atoms with Crippen LogP contribution < -0.4 is 0 Å². The molecule has 1 rings (SSSR count). The zero-order valence-corrected chi connectivity index (χ0v) is 8.11. The Kier molecular flexibility index (Phi) is 6.04. The first kappa shape index (κ1) is 13.0. The van der Waals surface area contributed by atoms with Gasteiger partial charge >= 0.3 is 0 Å². The van der Waals surface area contributed by atoms with Gasteiger partial charge in [0, 0.05) is 0 Å². The van der Waals surface area contributed by atoms with Crippen LogP contribution in [0.3, 0.4) is 0 Å². The first-order valence-electron chi connectivity index (χ1n) is 3.63. The Balaban J connectivity index is 0.000000241. The molecule has 0 unspecified atom stereocenters. The van der Waals surface area contributed by atoms with Crippen LogP contribution in [0.25, 0.3) is 0 Å². The van der Waals surface area contributed by atoms with E-state index in [4.69, 9.17) is 14.8 Å². The summed E-state index contributed by atoms with van der Waals surface area (Å²) in [6, 6.07) is 0. The zero-order valence-electron chi connectivity index (χ0n) is 7.29. The van der Waals surface area contributed by atoms with E-state index in [9.17, 15) is 8.42 Å². The highest BCUT2D eigenvalue weighted by atomic mass is 32.2. The Hall–Kier alpha value is -0.960. The van der Waals surface area contributed by atoms with Crippen molar-refractivity contribution in [1.82, 2.24) is 9.97 Å². The van der Waals surface area contributed by atoms with E-state index in [0.29, 0.717) is 0 Å². The zero-order chi connectivity index (χ0) is 11.0. The number of nitrogens with zero attached hydrogens (tertiary/aromatic N) is 1. The van der Waals surface area contributed by atoms with Gasteiger partial charge in [0.15, 0.2) is 0 Å². The van der Waals surface area contributed by atoms with Crippen LogP contribution in [0.1, 0.15) is 5.69 Å². The molecule has 4 N–H and O–H groups in total. The van der Waals surface area contributed by atoms with Gasteiger partial charge in [-0.05, 0) is 0 Å². The third kappa shape index (κ3) is 7.68. The lowest BCUT2D eigenvalue weighted by Gasteiger charge is -1.85. The van der Waals surface area contributed by atoms with E-state index in [1.165, 1.54) is 6.33 Å². The molecule has 0 atom stereocenters. The maximum absolute atomic E-state index is 9.63. The standard InChI is InChI=1S/C4H6N2O.C2H6O4S/c7-2-4-1-5-3-6-4;3-1-2-7(4,5)6/h1,3,7H,2H2,(H,5,6);3H,1-2H2,(H,4,5,6). The number of hydrogen-bond donors (Lipinski definition) is 4. The Morgan fingerprint density at radius 3 is 2.21 bits per heavy atom. The van der Waals surface area contributed by atoms with Crippen LogP contribution in [0.2, 0.25) is 0 Å². The second-order valence-electron chi connectivity index (χ2n) is 2.24. The van der Waals surface area contributed by atoms with Gasteiger partial charge in [0.05, 0.1) is 37.2 Å². The molecule has 82 valence electrons. The van der Waals surface area contributed by atoms with Gasteiger partial charge in [-0.2, -0.15) is 8.42 Å². The molecule has 1 heterocycles. The van der Waals surface area contributed by atoms with Gasteiger partial charge in [0.25, 0.3) is 10.1 Å². The van der Waals surface area contributed by atoms with E-state index in [2.05, 4.69) is 9.97 Å². The maximum atomic E-state index is 9.63. The minimum Gasteiger partial charge on any atom is -0.395 e. The summed E-state index contributed by atoms with van der Waals surface area (Å²) in [5.41, 5.74) is 0.750. The highest BCUT2D eigenvalue weighted by Crippen LogP contribution is 1.86. The molecule has 0 saturated carbocycles. The third-order valence-corrected chi connectivity index (χ3v) is 1.77. The molecule has 0 aromatic carbocycles. The Bertz CT molecular complexity index is 320. The largest absolute Gasteiger partial charge is 0.395 e. The molecule has 14 heavy (non-hydrogen) atoms. The van der Waals surface area contributed by atoms with Crippen LogP contribution >= 0.6 is 0 Å². The second kappa shape index (κ2) is 6.49. The molecule has 0 spiro atoms. The van der Waals surface area contributed by atoms with E-state index in [0.717, 1.165) is 5.69 Å². The average Bonchev–Trinajstić information content (AvgIpc) is 2.54. The van der Waals surface area contributed by atoms with Gasteiger partial charge in [-0.3, -0.25) is 4.55 Å². The molecule has 7 nitrogen and oxygen atoms in total. The summed E-state index contributed by atoms with van der Waals surface area (Å²) in [5, 5.41) is 16.2. The lowest BCUT2D eigenvalue weighted by Crippen LogP contribution is -2.06. The average molecular weight is 224 g/mol. The van der Waals surface area contributed by atoms with Gasteiger partial charge in [0.2, 0.25) is 0 Å². The first-order chi connectivity index (χ1) is 6.49. The van der Waals surface area contributed by atoms with Crippen LogP contribution in [-0.4, -0.2) is 45.5 Å². The summed E-state index contributed by atoms with van der Waals surface area (Å²) in [6.07, 6.45) is 3.12. The van der Waals surface area contributed by atoms with Crippen LogP contribution in [-0.2, 0) is 16.7 Å². The molecular formula is C6H12N2O5S. The number of aromatic nitrogens is 2. The molecule has 1 aromatic rings. The number of H-pyrrole nitrogens is 1. The fraction of sp³-hybridized carbons (Fsp3) is 0.500. The Morgan fingerprint density at radius 1 is 1.43 bits per heavy atom. The van der Waals surface area contributed by atoms with Crippen molar-refractivity contribution in [3.8, 4) is 0 Å². The van der Waals surface area contributed by atoms with Crippen molar-refractivity contribution >= 4 is 10.1 Å². The molecule has 0 aliphatic carbocycles.